The number of piperidine rings is 2. The molecular formula is C47H51F2N9O5. The van der Waals surface area contributed by atoms with Gasteiger partial charge in [-0.1, -0.05) is 17.9 Å². The third kappa shape index (κ3) is 8.21. The molecule has 14 nitrogen and oxygen atoms in total. The zero-order chi connectivity index (χ0) is 43.9. The summed E-state index contributed by atoms with van der Waals surface area (Å²) in [7, 11) is 1.77. The van der Waals surface area contributed by atoms with Gasteiger partial charge in [0.25, 0.3) is 12.3 Å². The minimum atomic E-state index is -2.69. The second-order valence-corrected chi connectivity index (χ2v) is 17.3. The molecule has 2 saturated heterocycles. The van der Waals surface area contributed by atoms with Crippen LogP contribution in [0.15, 0.2) is 42.7 Å². The highest BCUT2D eigenvalue weighted by molar-refractivity contribution is 6.05. The Morgan fingerprint density at radius 2 is 1.76 bits per heavy atom. The van der Waals surface area contributed by atoms with E-state index in [9.17, 15) is 32.8 Å². The molecule has 4 aromatic rings. The molecule has 0 radical (unpaired) electrons. The van der Waals surface area contributed by atoms with Gasteiger partial charge >= 0.3 is 0 Å². The van der Waals surface area contributed by atoms with Crippen LogP contribution in [-0.4, -0.2) is 96.0 Å². The van der Waals surface area contributed by atoms with Crippen LogP contribution >= 0.6 is 0 Å². The fourth-order valence-corrected chi connectivity index (χ4v) is 9.94. The van der Waals surface area contributed by atoms with Crippen molar-refractivity contribution < 1.29 is 32.8 Å². The summed E-state index contributed by atoms with van der Waals surface area (Å²) in [6, 6.07) is 8.28. The molecule has 0 spiro atoms. The predicted molar refractivity (Wildman–Crippen MR) is 229 cm³/mol. The van der Waals surface area contributed by atoms with E-state index in [4.69, 9.17) is 5.10 Å². The highest BCUT2D eigenvalue weighted by atomic mass is 19.3. The van der Waals surface area contributed by atoms with Crippen molar-refractivity contribution in [1.29, 1.82) is 0 Å². The molecular weight excluding hydrogens is 809 g/mol. The molecule has 63 heavy (non-hydrogen) atoms. The number of alkyl halides is 2. The quantitative estimate of drug-likeness (QED) is 0.127. The average molecular weight is 860 g/mol. The number of likely N-dealkylation sites (tertiary alicyclic amines) is 1. The Labute approximate surface area is 364 Å². The van der Waals surface area contributed by atoms with Gasteiger partial charge < -0.3 is 19.6 Å². The van der Waals surface area contributed by atoms with Gasteiger partial charge in [0, 0.05) is 118 Å². The van der Waals surface area contributed by atoms with E-state index in [-0.39, 0.29) is 48.2 Å². The monoisotopic (exact) mass is 859 g/mol. The number of benzene rings is 2. The molecule has 0 bridgehead atoms. The minimum Gasteiger partial charge on any atom is -0.343 e. The van der Waals surface area contributed by atoms with Crippen LogP contribution in [0.2, 0.25) is 0 Å². The van der Waals surface area contributed by atoms with Crippen molar-refractivity contribution in [3.05, 3.63) is 81.8 Å². The molecule has 2 fully saturated rings. The molecule has 16 heteroatoms. The third-order valence-corrected chi connectivity index (χ3v) is 13.3. The number of carbonyl (C=O) groups excluding carboxylic acids is 5. The van der Waals surface area contributed by atoms with Crippen molar-refractivity contribution in [2.45, 2.75) is 109 Å². The molecule has 0 aliphatic carbocycles. The number of rotatable bonds is 9. The van der Waals surface area contributed by atoms with Gasteiger partial charge in [0.1, 0.15) is 6.04 Å². The predicted octanol–water partition coefficient (Wildman–Crippen LogP) is 5.75. The Balaban J connectivity index is 0.832. The van der Waals surface area contributed by atoms with Gasteiger partial charge in [0.05, 0.1) is 18.8 Å². The number of halogens is 2. The summed E-state index contributed by atoms with van der Waals surface area (Å²) in [5, 5.41) is 11.8. The maximum atomic E-state index is 14.7. The Hall–Kier alpha value is -6.37. The maximum Gasteiger partial charge on any atom is 0.264 e. The topological polar surface area (TPSA) is 146 Å². The van der Waals surface area contributed by atoms with Crippen LogP contribution in [0.25, 0.3) is 11.1 Å². The van der Waals surface area contributed by atoms with Gasteiger partial charge in [0.2, 0.25) is 23.6 Å². The van der Waals surface area contributed by atoms with Gasteiger partial charge in [-0.05, 0) is 85.9 Å². The highest BCUT2D eigenvalue weighted by Gasteiger charge is 2.40. The van der Waals surface area contributed by atoms with E-state index in [0.717, 1.165) is 65.7 Å². The zero-order valence-corrected chi connectivity index (χ0v) is 35.7. The van der Waals surface area contributed by atoms with Crippen molar-refractivity contribution in [2.75, 3.05) is 31.1 Å². The number of imide groups is 1. The summed E-state index contributed by atoms with van der Waals surface area (Å²) in [6.07, 6.45) is 7.30. The van der Waals surface area contributed by atoms with Crippen molar-refractivity contribution in [3.63, 3.8) is 0 Å². The Morgan fingerprint density at radius 1 is 0.937 bits per heavy atom. The summed E-state index contributed by atoms with van der Waals surface area (Å²) in [6.45, 7) is 4.63. The normalized spacial score (nSPS) is 18.9. The molecule has 2 aromatic carbocycles. The molecule has 0 saturated carbocycles. The SMILES string of the molecule is CC(=O)N1CCc2c(c(N3CCCc4cc(-c5cnn(C)c5)c(C(F)F)cc43)nn2C2CCN(C(=O)CCCCC#Cc3cccc4c3CN(C3CCC(=O)NC3=O)C4=O)CC2)C1. The molecule has 1 atom stereocenters. The van der Waals surface area contributed by atoms with Crippen molar-refractivity contribution in [1.82, 2.24) is 39.6 Å². The molecule has 1 N–H and O–H groups in total. The largest absolute Gasteiger partial charge is 0.343 e. The number of amides is 5. The first-order valence-electron chi connectivity index (χ1n) is 22.1. The first-order valence-corrected chi connectivity index (χ1v) is 22.1. The first kappa shape index (κ1) is 42.0. The van der Waals surface area contributed by atoms with E-state index in [0.29, 0.717) is 87.3 Å². The molecule has 9 rings (SSSR count). The fraction of sp³-hybridized carbons (Fsp3) is 0.468. The number of nitrogens with one attached hydrogen (secondary N) is 1. The summed E-state index contributed by atoms with van der Waals surface area (Å²) in [5.74, 6) is 6.24. The van der Waals surface area contributed by atoms with Crippen LogP contribution in [-0.2, 0) is 52.2 Å². The van der Waals surface area contributed by atoms with E-state index in [1.54, 1.807) is 49.2 Å². The van der Waals surface area contributed by atoms with Crippen molar-refractivity contribution in [2.24, 2.45) is 7.05 Å². The van der Waals surface area contributed by atoms with Gasteiger partial charge in [-0.15, -0.1) is 0 Å². The van der Waals surface area contributed by atoms with Gasteiger partial charge in [0.15, 0.2) is 5.82 Å². The lowest BCUT2D eigenvalue weighted by atomic mass is 9.92. The number of aromatic nitrogens is 4. The smallest absolute Gasteiger partial charge is 0.264 e. The standard InChI is InChI=1S/C47H51F2N9O5/c1-29(59)55-22-18-39-38(27-55)45(56-19-8-11-31-23-35(32-25-50-53(2)26-32)36(44(48)49)24-41(31)56)52-58(39)33-16-20-54(21-17-33)43(61)13-6-4-3-5-9-30-10-7-12-34-37(30)28-57(47(34)63)40-14-15-42(60)51-46(40)62/h7,10,12,23-26,33,40,44H,3-4,6,8,11,13-22,27-28H2,1-2H3,(H,51,60,62). The van der Waals surface area contributed by atoms with E-state index in [1.807, 2.05) is 21.9 Å². The van der Waals surface area contributed by atoms with E-state index >= 15 is 0 Å². The molecule has 5 aliphatic rings. The number of anilines is 2. The molecule has 7 heterocycles. The van der Waals surface area contributed by atoms with Gasteiger partial charge in [-0.3, -0.25) is 38.7 Å². The van der Waals surface area contributed by atoms with Gasteiger partial charge in [-0.2, -0.15) is 10.2 Å². The minimum absolute atomic E-state index is 0.0181. The Kier molecular flexibility index (Phi) is 11.6. The zero-order valence-electron chi connectivity index (χ0n) is 35.7. The molecule has 5 amide bonds. The van der Waals surface area contributed by atoms with Crippen LogP contribution in [0.4, 0.5) is 20.3 Å². The van der Waals surface area contributed by atoms with E-state index < -0.39 is 18.4 Å². The fourth-order valence-electron chi connectivity index (χ4n) is 9.94. The molecule has 2 aromatic heterocycles. The number of fused-ring (bicyclic) bond motifs is 3. The van der Waals surface area contributed by atoms with Crippen LogP contribution in [0.1, 0.15) is 121 Å². The second-order valence-electron chi connectivity index (χ2n) is 17.3. The van der Waals surface area contributed by atoms with Crippen molar-refractivity contribution >= 4 is 41.0 Å². The number of hydrogen-bond donors (Lipinski definition) is 1. The lowest BCUT2D eigenvalue weighted by Gasteiger charge is -2.34. The molecule has 328 valence electrons. The van der Waals surface area contributed by atoms with Crippen molar-refractivity contribution in [3.8, 4) is 23.0 Å². The molecule has 1 unspecified atom stereocenters. The van der Waals surface area contributed by atoms with Gasteiger partial charge in [-0.25, -0.2) is 8.78 Å². The summed E-state index contributed by atoms with van der Waals surface area (Å²) >= 11 is 0. The van der Waals surface area contributed by atoms with Crippen LogP contribution in [0.5, 0.6) is 0 Å². The lowest BCUT2D eigenvalue weighted by molar-refractivity contribution is -0.137. The summed E-state index contributed by atoms with van der Waals surface area (Å²) < 4.78 is 33.1. The number of unbranched alkanes of at least 4 members (excludes halogenated alkanes) is 2. The average Bonchev–Trinajstić information content (AvgIpc) is 3.99. The number of aryl methyl sites for hydroxylation is 2. The van der Waals surface area contributed by atoms with E-state index in [2.05, 4.69) is 31.8 Å². The Bertz CT molecular complexity index is 2560. The first-order chi connectivity index (χ1) is 30.4. The molecule has 5 aliphatic heterocycles. The summed E-state index contributed by atoms with van der Waals surface area (Å²) in [4.78, 5) is 70.6. The third-order valence-electron chi connectivity index (χ3n) is 13.3. The number of hydrogen-bond acceptors (Lipinski definition) is 8. The van der Waals surface area contributed by atoms with E-state index in [1.165, 1.54) is 4.90 Å². The van der Waals surface area contributed by atoms with Crippen LogP contribution in [0.3, 0.4) is 0 Å². The van der Waals surface area contributed by atoms with Crippen LogP contribution < -0.4 is 10.2 Å². The maximum absolute atomic E-state index is 14.7. The Morgan fingerprint density at radius 3 is 2.51 bits per heavy atom. The number of nitrogens with zero attached hydrogens (tertiary/aromatic N) is 8. The summed E-state index contributed by atoms with van der Waals surface area (Å²) in [5.41, 5.74) is 6.88. The van der Waals surface area contributed by atoms with Crippen LogP contribution in [0, 0.1) is 11.8 Å². The lowest BCUT2D eigenvalue weighted by Crippen LogP contribution is -2.52. The second kappa shape index (κ2) is 17.4. The highest BCUT2D eigenvalue weighted by Crippen LogP contribution is 2.44. The number of carbonyl (C=O) groups is 5.